The number of rotatable bonds is 9. The molecule has 1 fully saturated rings. The highest BCUT2D eigenvalue weighted by Crippen LogP contribution is 2.37. The van der Waals surface area contributed by atoms with Gasteiger partial charge in [0.05, 0.1) is 29.5 Å². The van der Waals surface area contributed by atoms with Gasteiger partial charge in [0.25, 0.3) is 0 Å². The molecule has 0 bridgehead atoms. The van der Waals surface area contributed by atoms with Gasteiger partial charge in [-0.3, -0.25) is 9.29 Å². The van der Waals surface area contributed by atoms with Gasteiger partial charge in [-0.05, 0) is 42.7 Å². The maximum Gasteiger partial charge on any atom is 0.516 e. The molecule has 1 saturated heterocycles. The number of cyclic esters (lactones) is 1. The minimum atomic E-state index is -5.76. The van der Waals surface area contributed by atoms with Crippen molar-refractivity contribution in [3.05, 3.63) is 52.6 Å². The second-order valence-corrected chi connectivity index (χ2v) is 12.1. The number of halogens is 4. The van der Waals surface area contributed by atoms with E-state index in [1.54, 1.807) is 11.6 Å². The van der Waals surface area contributed by atoms with Crippen molar-refractivity contribution in [2.45, 2.75) is 25.8 Å². The smallest absolute Gasteiger partial charge is 0.448 e. The summed E-state index contributed by atoms with van der Waals surface area (Å²) in [6.45, 7) is 3.52. The first kappa shape index (κ1) is 28.1. The van der Waals surface area contributed by atoms with Crippen molar-refractivity contribution < 1.29 is 31.1 Å². The third-order valence-electron chi connectivity index (χ3n) is 5.70. The zero-order chi connectivity index (χ0) is 27.7. The van der Waals surface area contributed by atoms with Crippen molar-refractivity contribution in [3.8, 4) is 21.8 Å². The van der Waals surface area contributed by atoms with E-state index in [-0.39, 0.29) is 34.7 Å². The average Bonchev–Trinajstić information content (AvgIpc) is 3.48. The van der Waals surface area contributed by atoms with Crippen LogP contribution in [0.25, 0.3) is 21.8 Å². The zero-order valence-corrected chi connectivity index (χ0v) is 22.8. The van der Waals surface area contributed by atoms with Crippen LogP contribution >= 0.6 is 22.9 Å². The van der Waals surface area contributed by atoms with Gasteiger partial charge in [0.2, 0.25) is 0 Å². The van der Waals surface area contributed by atoms with Crippen molar-refractivity contribution in [1.29, 1.82) is 0 Å². The standard InChI is InChI=1S/C24H24ClF3N4O4S2/c1-15(2)11-17-12-16(5-6-29-17)22-30-21(14-37-22)19-4-3-18(13-20(19)25)32(38(34,35)24(26,27)28)8-7-31-9-10-36-23(31)33/h3-6,12-15H,7-11H2,1-2H3. The topological polar surface area (TPSA) is 92.7 Å². The molecular weight excluding hydrogens is 565 g/mol. The van der Waals surface area contributed by atoms with Crippen LogP contribution in [-0.4, -0.2) is 61.1 Å². The highest BCUT2D eigenvalue weighted by Gasteiger charge is 2.50. The van der Waals surface area contributed by atoms with Gasteiger partial charge in [0.1, 0.15) is 11.6 Å². The Hall–Kier alpha value is -2.90. The Morgan fingerprint density at radius 2 is 2.00 bits per heavy atom. The van der Waals surface area contributed by atoms with E-state index in [4.69, 9.17) is 16.3 Å². The molecule has 38 heavy (non-hydrogen) atoms. The summed E-state index contributed by atoms with van der Waals surface area (Å²) >= 11 is 7.80. The number of thiazole rings is 1. The summed E-state index contributed by atoms with van der Waals surface area (Å²) in [4.78, 5) is 21.8. The summed E-state index contributed by atoms with van der Waals surface area (Å²) in [5.41, 5.74) is -3.10. The second kappa shape index (κ2) is 11.1. The fraction of sp³-hybridized carbons (Fsp3) is 0.375. The molecule has 0 spiro atoms. The molecule has 1 amide bonds. The van der Waals surface area contributed by atoms with Crippen LogP contribution in [0.5, 0.6) is 0 Å². The number of ether oxygens (including phenoxy) is 1. The lowest BCUT2D eigenvalue weighted by molar-refractivity contribution is -0.0438. The molecule has 0 radical (unpaired) electrons. The summed E-state index contributed by atoms with van der Waals surface area (Å²) < 4.78 is 70.1. The largest absolute Gasteiger partial charge is 0.516 e. The lowest BCUT2D eigenvalue weighted by Crippen LogP contribution is -2.45. The van der Waals surface area contributed by atoms with Gasteiger partial charge in [-0.25, -0.2) is 9.78 Å². The third kappa shape index (κ3) is 6.05. The first-order chi connectivity index (χ1) is 17.9. The fourth-order valence-corrected chi connectivity index (χ4v) is 5.94. The predicted molar refractivity (Wildman–Crippen MR) is 140 cm³/mol. The van der Waals surface area contributed by atoms with Crippen molar-refractivity contribution >= 4 is 44.7 Å². The number of alkyl halides is 3. The van der Waals surface area contributed by atoms with Crippen LogP contribution in [0.3, 0.4) is 0 Å². The summed E-state index contributed by atoms with van der Waals surface area (Å²) in [6, 6.07) is 7.61. The molecule has 4 rings (SSSR count). The number of pyridine rings is 1. The molecule has 1 aliphatic heterocycles. The number of hydrogen-bond acceptors (Lipinski definition) is 7. The molecule has 1 aliphatic rings. The molecule has 3 aromatic rings. The number of aromatic nitrogens is 2. The van der Waals surface area contributed by atoms with E-state index in [0.29, 0.717) is 22.2 Å². The predicted octanol–water partition coefficient (Wildman–Crippen LogP) is 5.83. The van der Waals surface area contributed by atoms with Gasteiger partial charge < -0.3 is 9.64 Å². The molecule has 0 aliphatic carbocycles. The van der Waals surface area contributed by atoms with Gasteiger partial charge in [0.15, 0.2) is 0 Å². The van der Waals surface area contributed by atoms with Gasteiger partial charge in [-0.1, -0.05) is 25.4 Å². The molecule has 1 aromatic carbocycles. The fourth-order valence-electron chi connectivity index (χ4n) is 3.89. The Bertz CT molecular complexity index is 1430. The third-order valence-corrected chi connectivity index (χ3v) is 8.46. The van der Waals surface area contributed by atoms with Crippen LogP contribution in [0.1, 0.15) is 19.5 Å². The molecule has 8 nitrogen and oxygen atoms in total. The van der Waals surface area contributed by atoms with Crippen molar-refractivity contribution in [2.75, 3.05) is 30.5 Å². The Balaban J connectivity index is 1.62. The van der Waals surface area contributed by atoms with Gasteiger partial charge in [-0.2, -0.15) is 21.6 Å². The van der Waals surface area contributed by atoms with Crippen LogP contribution in [0.4, 0.5) is 23.7 Å². The summed E-state index contributed by atoms with van der Waals surface area (Å²) in [6.07, 6.45) is 1.82. The summed E-state index contributed by atoms with van der Waals surface area (Å²) in [5.74, 6) is 0.437. The number of nitrogens with zero attached hydrogens (tertiary/aromatic N) is 4. The Kier molecular flexibility index (Phi) is 8.19. The first-order valence-electron chi connectivity index (χ1n) is 11.6. The van der Waals surface area contributed by atoms with Gasteiger partial charge >= 0.3 is 21.6 Å². The van der Waals surface area contributed by atoms with E-state index in [9.17, 15) is 26.4 Å². The van der Waals surface area contributed by atoms with E-state index >= 15 is 0 Å². The van der Waals surface area contributed by atoms with E-state index in [0.717, 1.165) is 28.6 Å². The van der Waals surface area contributed by atoms with Crippen LogP contribution in [0, 0.1) is 5.92 Å². The van der Waals surface area contributed by atoms with E-state index in [1.165, 1.54) is 23.5 Å². The summed E-state index contributed by atoms with van der Waals surface area (Å²) in [7, 11) is -5.76. The van der Waals surface area contributed by atoms with Crippen LogP contribution in [-0.2, 0) is 21.2 Å². The Labute approximate surface area is 227 Å². The van der Waals surface area contributed by atoms with Crippen molar-refractivity contribution in [3.63, 3.8) is 0 Å². The SMILES string of the molecule is CC(C)Cc1cc(-c2nc(-c3ccc(N(CCN4CCOC4=O)S(=O)(=O)C(F)(F)F)cc3Cl)cs2)ccn1. The van der Waals surface area contributed by atoms with Crippen LogP contribution < -0.4 is 4.31 Å². The first-order valence-corrected chi connectivity index (χ1v) is 14.3. The molecule has 0 saturated carbocycles. The minimum Gasteiger partial charge on any atom is -0.448 e. The number of benzene rings is 1. The lowest BCUT2D eigenvalue weighted by atomic mass is 10.1. The highest BCUT2D eigenvalue weighted by molar-refractivity contribution is 7.93. The number of carbonyl (C=O) groups excluding carboxylic acids is 1. The van der Waals surface area contributed by atoms with Crippen molar-refractivity contribution in [1.82, 2.24) is 14.9 Å². The zero-order valence-electron chi connectivity index (χ0n) is 20.4. The monoisotopic (exact) mass is 588 g/mol. The molecular formula is C24H24ClF3N4O4S2. The van der Waals surface area contributed by atoms with E-state index < -0.39 is 28.2 Å². The number of anilines is 1. The number of sulfonamides is 1. The van der Waals surface area contributed by atoms with Crippen molar-refractivity contribution in [2.24, 2.45) is 5.92 Å². The number of hydrogen-bond donors (Lipinski definition) is 0. The van der Waals surface area contributed by atoms with Gasteiger partial charge in [0, 0.05) is 34.9 Å². The normalized spacial score (nSPS) is 14.3. The molecule has 14 heteroatoms. The van der Waals surface area contributed by atoms with Crippen LogP contribution in [0.15, 0.2) is 41.9 Å². The molecule has 0 atom stereocenters. The lowest BCUT2D eigenvalue weighted by Gasteiger charge is -2.27. The number of carbonyl (C=O) groups is 1. The Morgan fingerprint density at radius 1 is 1.24 bits per heavy atom. The quantitative estimate of drug-likeness (QED) is 0.312. The van der Waals surface area contributed by atoms with Gasteiger partial charge in [-0.15, -0.1) is 11.3 Å². The summed E-state index contributed by atoms with van der Waals surface area (Å²) in [5, 5.41) is 2.51. The molecule has 204 valence electrons. The second-order valence-electron chi connectivity index (χ2n) is 8.96. The Morgan fingerprint density at radius 3 is 2.63 bits per heavy atom. The molecule has 3 heterocycles. The maximum atomic E-state index is 13.5. The maximum absolute atomic E-state index is 13.5. The molecule has 2 aromatic heterocycles. The molecule has 0 N–H and O–H groups in total. The number of amides is 1. The minimum absolute atomic E-state index is 0.0255. The highest BCUT2D eigenvalue weighted by atomic mass is 35.5. The van der Waals surface area contributed by atoms with E-state index in [2.05, 4.69) is 23.8 Å². The molecule has 0 unspecified atom stereocenters. The van der Waals surface area contributed by atoms with Crippen LogP contribution in [0.2, 0.25) is 5.02 Å². The van der Waals surface area contributed by atoms with E-state index in [1.807, 2.05) is 12.1 Å². The average molecular weight is 589 g/mol.